The first-order valence-electron chi connectivity index (χ1n) is 10.0. The Balaban J connectivity index is 1.40. The lowest BCUT2D eigenvalue weighted by Gasteiger charge is -2.29. The Morgan fingerprint density at radius 2 is 1.78 bits per heavy atom. The Kier molecular flexibility index (Phi) is 6.35. The number of tetrazole rings is 1. The van der Waals surface area contributed by atoms with Gasteiger partial charge in [-0.1, -0.05) is 18.2 Å². The van der Waals surface area contributed by atoms with Crippen LogP contribution in [0.4, 0.5) is 18.9 Å². The molecule has 11 heteroatoms. The summed E-state index contributed by atoms with van der Waals surface area (Å²) in [4.78, 5) is 14.2. The van der Waals surface area contributed by atoms with Gasteiger partial charge in [0.05, 0.1) is 30.9 Å². The van der Waals surface area contributed by atoms with Crippen LogP contribution in [0.2, 0.25) is 0 Å². The summed E-state index contributed by atoms with van der Waals surface area (Å²) < 4.78 is 47.7. The molecule has 0 radical (unpaired) electrons. The van der Waals surface area contributed by atoms with Gasteiger partial charge in [0.1, 0.15) is 6.33 Å². The van der Waals surface area contributed by atoms with Gasteiger partial charge in [-0.25, -0.2) is 4.68 Å². The van der Waals surface area contributed by atoms with Gasteiger partial charge >= 0.3 is 6.18 Å². The Morgan fingerprint density at radius 3 is 2.44 bits per heavy atom. The summed E-state index contributed by atoms with van der Waals surface area (Å²) in [5, 5.41) is 13.5. The van der Waals surface area contributed by atoms with Gasteiger partial charge in [0.15, 0.2) is 0 Å². The molecule has 1 saturated heterocycles. The normalized spacial score (nSPS) is 14.4. The summed E-state index contributed by atoms with van der Waals surface area (Å²) in [7, 11) is 0. The molecular weight excluding hydrogens is 425 g/mol. The van der Waals surface area contributed by atoms with Crippen LogP contribution in [-0.2, 0) is 28.7 Å². The van der Waals surface area contributed by atoms with Gasteiger partial charge in [-0.2, -0.15) is 13.2 Å². The number of hydrogen-bond acceptors (Lipinski definition) is 6. The third-order valence-corrected chi connectivity index (χ3v) is 5.17. The Labute approximate surface area is 182 Å². The number of anilines is 1. The number of aromatic nitrogens is 4. The highest BCUT2D eigenvalue weighted by Gasteiger charge is 2.34. The average molecular weight is 446 g/mol. The molecule has 4 rings (SSSR count). The van der Waals surface area contributed by atoms with E-state index in [0.717, 1.165) is 17.3 Å². The molecule has 2 heterocycles. The zero-order valence-electron chi connectivity index (χ0n) is 17.0. The van der Waals surface area contributed by atoms with E-state index in [2.05, 4.69) is 20.8 Å². The third-order valence-electron chi connectivity index (χ3n) is 5.17. The van der Waals surface area contributed by atoms with Crippen molar-refractivity contribution in [2.45, 2.75) is 19.1 Å². The van der Waals surface area contributed by atoms with E-state index in [1.165, 1.54) is 17.1 Å². The molecule has 2 aromatic carbocycles. The average Bonchev–Trinajstić information content (AvgIpc) is 3.33. The number of alkyl halides is 3. The van der Waals surface area contributed by atoms with Gasteiger partial charge in [-0.3, -0.25) is 4.79 Å². The van der Waals surface area contributed by atoms with Gasteiger partial charge in [-0.05, 0) is 45.8 Å². The number of morpholine rings is 1. The fourth-order valence-corrected chi connectivity index (χ4v) is 3.49. The molecule has 1 N–H and O–H groups in total. The lowest BCUT2D eigenvalue weighted by molar-refractivity contribution is -0.138. The molecule has 0 unspecified atom stereocenters. The van der Waals surface area contributed by atoms with E-state index in [4.69, 9.17) is 4.74 Å². The summed E-state index contributed by atoms with van der Waals surface area (Å²) >= 11 is 0. The topological polar surface area (TPSA) is 85.2 Å². The van der Waals surface area contributed by atoms with E-state index in [9.17, 15) is 18.0 Å². The maximum absolute atomic E-state index is 13.6. The zero-order chi connectivity index (χ0) is 22.6. The number of nitrogens with zero attached hydrogens (tertiary/aromatic N) is 5. The highest BCUT2D eigenvalue weighted by molar-refractivity contribution is 5.78. The number of benzene rings is 2. The highest BCUT2D eigenvalue weighted by Crippen LogP contribution is 2.35. The first-order chi connectivity index (χ1) is 15.4. The van der Waals surface area contributed by atoms with Crippen molar-refractivity contribution in [2.24, 2.45) is 0 Å². The quantitative estimate of drug-likeness (QED) is 0.626. The summed E-state index contributed by atoms with van der Waals surface area (Å²) in [5.74, 6) is -0.370. The fraction of sp³-hybridized carbons (Fsp3) is 0.333. The first-order valence-corrected chi connectivity index (χ1v) is 10.0. The van der Waals surface area contributed by atoms with Gasteiger partial charge in [-0.15, -0.1) is 5.10 Å². The van der Waals surface area contributed by atoms with Crippen molar-refractivity contribution in [2.75, 3.05) is 31.2 Å². The second-order valence-corrected chi connectivity index (χ2v) is 7.31. The number of carbonyl (C=O) groups is 1. The lowest BCUT2D eigenvalue weighted by Crippen LogP contribution is -2.36. The first kappa shape index (κ1) is 21.8. The Morgan fingerprint density at radius 1 is 1.06 bits per heavy atom. The van der Waals surface area contributed by atoms with E-state index in [-0.39, 0.29) is 24.4 Å². The SMILES string of the molecule is O=C(Cc1ccc(-n2cnnn2)cc1)NCc1ccc(N2CCOCC2)cc1C(F)(F)F. The van der Waals surface area contributed by atoms with Crippen LogP contribution in [0.25, 0.3) is 5.69 Å². The molecule has 0 saturated carbocycles. The highest BCUT2D eigenvalue weighted by atomic mass is 19.4. The van der Waals surface area contributed by atoms with Crippen molar-refractivity contribution in [1.82, 2.24) is 25.5 Å². The fourth-order valence-electron chi connectivity index (χ4n) is 3.49. The van der Waals surface area contributed by atoms with E-state index in [1.54, 1.807) is 30.3 Å². The monoisotopic (exact) mass is 446 g/mol. The van der Waals surface area contributed by atoms with Crippen LogP contribution in [0.5, 0.6) is 0 Å². The number of hydrogen-bond donors (Lipinski definition) is 1. The molecule has 168 valence electrons. The van der Waals surface area contributed by atoms with Crippen LogP contribution < -0.4 is 10.2 Å². The summed E-state index contributed by atoms with van der Waals surface area (Å²) in [6.07, 6.45) is -3.03. The van der Waals surface area contributed by atoms with Gasteiger partial charge < -0.3 is 15.0 Å². The van der Waals surface area contributed by atoms with E-state index < -0.39 is 11.7 Å². The van der Waals surface area contributed by atoms with Crippen LogP contribution in [0.1, 0.15) is 16.7 Å². The maximum Gasteiger partial charge on any atom is 0.416 e. The van der Waals surface area contributed by atoms with E-state index in [1.807, 2.05) is 4.90 Å². The molecule has 1 amide bonds. The largest absolute Gasteiger partial charge is 0.416 e. The lowest BCUT2D eigenvalue weighted by atomic mass is 10.0. The van der Waals surface area contributed by atoms with Crippen molar-refractivity contribution < 1.29 is 22.7 Å². The number of nitrogens with one attached hydrogen (secondary N) is 1. The Bertz CT molecular complexity index is 1050. The third kappa shape index (κ3) is 5.22. The standard InChI is InChI=1S/C21H21F3N6O2/c22-21(23,24)19-12-18(29-7-9-32-10-8-29)6-3-16(19)13-25-20(31)11-15-1-4-17(5-2-15)30-14-26-27-28-30/h1-6,12,14H,7-11,13H2,(H,25,31). The molecule has 0 bridgehead atoms. The predicted octanol–water partition coefficient (Wildman–Crippen LogP) is 2.38. The van der Waals surface area contributed by atoms with Crippen LogP contribution in [-0.4, -0.2) is 52.4 Å². The minimum atomic E-state index is -4.52. The molecule has 1 aliphatic rings. The number of ether oxygens (including phenoxy) is 1. The Hall–Kier alpha value is -3.47. The van der Waals surface area contributed by atoms with Gasteiger partial charge in [0.2, 0.25) is 5.91 Å². The summed E-state index contributed by atoms with van der Waals surface area (Å²) in [5.41, 5.74) is 1.23. The van der Waals surface area contributed by atoms with Gasteiger partial charge in [0.25, 0.3) is 0 Å². The maximum atomic E-state index is 13.6. The van der Waals surface area contributed by atoms with Crippen molar-refractivity contribution in [3.63, 3.8) is 0 Å². The number of amides is 1. The molecule has 1 aliphatic heterocycles. The molecule has 3 aromatic rings. The minimum absolute atomic E-state index is 0.0249. The number of rotatable bonds is 6. The summed E-state index contributed by atoms with van der Waals surface area (Å²) in [6.45, 7) is 1.84. The molecule has 32 heavy (non-hydrogen) atoms. The van der Waals surface area contributed by atoms with Crippen LogP contribution in [0, 0.1) is 0 Å². The van der Waals surface area contributed by atoms with Crippen molar-refractivity contribution >= 4 is 11.6 Å². The second-order valence-electron chi connectivity index (χ2n) is 7.31. The number of carbonyl (C=O) groups excluding carboxylic acids is 1. The predicted molar refractivity (Wildman–Crippen MR) is 109 cm³/mol. The van der Waals surface area contributed by atoms with Crippen LogP contribution >= 0.6 is 0 Å². The van der Waals surface area contributed by atoms with Crippen molar-refractivity contribution in [1.29, 1.82) is 0 Å². The van der Waals surface area contributed by atoms with Crippen LogP contribution in [0.15, 0.2) is 48.8 Å². The molecule has 0 atom stereocenters. The van der Waals surface area contributed by atoms with E-state index >= 15 is 0 Å². The molecule has 1 aromatic heterocycles. The molecule has 8 nitrogen and oxygen atoms in total. The molecule has 0 aliphatic carbocycles. The van der Waals surface area contributed by atoms with E-state index in [0.29, 0.717) is 32.0 Å². The molecule has 1 fully saturated rings. The molecular formula is C21H21F3N6O2. The smallest absolute Gasteiger partial charge is 0.378 e. The summed E-state index contributed by atoms with van der Waals surface area (Å²) in [6, 6.07) is 11.2. The zero-order valence-corrected chi connectivity index (χ0v) is 17.0. The van der Waals surface area contributed by atoms with Gasteiger partial charge in [0, 0.05) is 25.3 Å². The van der Waals surface area contributed by atoms with Crippen molar-refractivity contribution in [3.05, 3.63) is 65.5 Å². The number of halogens is 3. The van der Waals surface area contributed by atoms with Crippen LogP contribution in [0.3, 0.4) is 0 Å². The van der Waals surface area contributed by atoms with Crippen molar-refractivity contribution in [3.8, 4) is 5.69 Å². The minimum Gasteiger partial charge on any atom is -0.378 e. The molecule has 0 spiro atoms. The second kappa shape index (κ2) is 9.35.